The molecule has 0 unspecified atom stereocenters. The van der Waals surface area contributed by atoms with Crippen LogP contribution in [0.5, 0.6) is 0 Å². The molecular weight excluding hydrogens is 115 g/mol. The average Bonchev–Trinajstić information content (AvgIpc) is 1.37. The van der Waals surface area contributed by atoms with Gasteiger partial charge in [-0.15, -0.1) is 0 Å². The Morgan fingerprint density at radius 3 is 2.25 bits per heavy atom. The molecule has 0 aromatic rings. The Kier molecular flexibility index (Phi) is 3.14. The molecule has 0 fully saturated rings. The van der Waals surface area contributed by atoms with Crippen molar-refractivity contribution in [1.29, 1.82) is 0 Å². The second-order valence-electron chi connectivity index (χ2n) is 0.348. The molecule has 4 heavy (non-hydrogen) atoms. The van der Waals surface area contributed by atoms with Crippen LogP contribution in [0.25, 0.3) is 0 Å². The molecular formula is C3H3Se. The van der Waals surface area contributed by atoms with Gasteiger partial charge in [0.25, 0.3) is 0 Å². The van der Waals surface area contributed by atoms with Crippen molar-refractivity contribution in [2.45, 2.75) is 5.32 Å². The van der Waals surface area contributed by atoms with Crippen molar-refractivity contribution in [3.05, 3.63) is 0 Å². The van der Waals surface area contributed by atoms with E-state index in [9.17, 15) is 0 Å². The van der Waals surface area contributed by atoms with Crippen LogP contribution in [0.1, 0.15) is 0 Å². The number of rotatable bonds is 0. The molecule has 0 aromatic carbocycles. The summed E-state index contributed by atoms with van der Waals surface area (Å²) in [6.45, 7) is 0. The van der Waals surface area contributed by atoms with Crippen LogP contribution in [-0.4, -0.2) is 16.0 Å². The SMILES string of the molecule is C#CC[Se]. The van der Waals surface area contributed by atoms with E-state index in [2.05, 4.69) is 21.9 Å². The summed E-state index contributed by atoms with van der Waals surface area (Å²) in [5.41, 5.74) is 0. The van der Waals surface area contributed by atoms with E-state index in [0.29, 0.717) is 0 Å². The predicted octanol–water partition coefficient (Wildman–Crippen LogP) is 0.206. The summed E-state index contributed by atoms with van der Waals surface area (Å²) in [6.07, 6.45) is 4.75. The zero-order valence-electron chi connectivity index (χ0n) is 2.19. The third-order valence-electron chi connectivity index (χ3n) is 0.0833. The van der Waals surface area contributed by atoms with Crippen molar-refractivity contribution in [2.75, 3.05) is 0 Å². The molecule has 21 valence electrons. The first-order chi connectivity index (χ1) is 1.91. The monoisotopic (exact) mass is 119 g/mol. The van der Waals surface area contributed by atoms with Crippen LogP contribution in [0.15, 0.2) is 0 Å². The zero-order valence-corrected chi connectivity index (χ0v) is 3.91. The predicted molar refractivity (Wildman–Crippen MR) is 19.4 cm³/mol. The molecule has 0 amide bonds. The van der Waals surface area contributed by atoms with Crippen LogP contribution in [0, 0.1) is 12.3 Å². The first-order valence-corrected chi connectivity index (χ1v) is 2.14. The molecule has 0 atom stereocenters. The molecule has 0 rings (SSSR count). The fraction of sp³-hybridized carbons (Fsp3) is 0.333. The fourth-order valence-electron chi connectivity index (χ4n) is 0. The molecule has 1 heteroatoms. The maximum absolute atomic E-state index is 4.75. The summed E-state index contributed by atoms with van der Waals surface area (Å²) in [4.78, 5) is 0. The van der Waals surface area contributed by atoms with Crippen LogP contribution in [0.4, 0.5) is 0 Å². The summed E-state index contributed by atoms with van der Waals surface area (Å²) in [5.74, 6) is 2.38. The van der Waals surface area contributed by atoms with E-state index in [1.54, 1.807) is 0 Å². The summed E-state index contributed by atoms with van der Waals surface area (Å²) in [7, 11) is 0. The Balaban J connectivity index is 2.43. The summed E-state index contributed by atoms with van der Waals surface area (Å²) in [6, 6.07) is 0. The van der Waals surface area contributed by atoms with Gasteiger partial charge in [-0.05, 0) is 0 Å². The molecule has 0 aromatic heterocycles. The molecule has 0 heterocycles. The van der Waals surface area contributed by atoms with Gasteiger partial charge < -0.3 is 0 Å². The second kappa shape index (κ2) is 3.08. The third-order valence-corrected chi connectivity index (χ3v) is 0.433. The average molecular weight is 118 g/mol. The number of hydrogen-bond donors (Lipinski definition) is 0. The van der Waals surface area contributed by atoms with E-state index in [1.165, 1.54) is 0 Å². The Bertz CT molecular complexity index is 33.0. The van der Waals surface area contributed by atoms with Crippen molar-refractivity contribution in [1.82, 2.24) is 0 Å². The Hall–Kier alpha value is 0.0795. The first kappa shape index (κ1) is 4.08. The molecule has 0 saturated heterocycles. The van der Waals surface area contributed by atoms with Crippen LogP contribution >= 0.6 is 0 Å². The van der Waals surface area contributed by atoms with Gasteiger partial charge in [0.15, 0.2) is 0 Å². The molecule has 0 aliphatic rings. The zero-order chi connectivity index (χ0) is 3.41. The number of terminal acetylenes is 1. The topological polar surface area (TPSA) is 0 Å². The van der Waals surface area contributed by atoms with E-state index < -0.39 is 0 Å². The van der Waals surface area contributed by atoms with Gasteiger partial charge in [-0.2, -0.15) is 0 Å². The van der Waals surface area contributed by atoms with Gasteiger partial charge >= 0.3 is 33.7 Å². The molecule has 0 aliphatic heterocycles. The second-order valence-corrected chi connectivity index (χ2v) is 0.954. The van der Waals surface area contributed by atoms with Crippen LogP contribution in [-0.2, 0) is 0 Å². The van der Waals surface area contributed by atoms with Gasteiger partial charge in [0, 0.05) is 0 Å². The summed E-state index contributed by atoms with van der Waals surface area (Å²) < 4.78 is 0. The Morgan fingerprint density at radius 2 is 2.25 bits per heavy atom. The molecule has 0 N–H and O–H groups in total. The van der Waals surface area contributed by atoms with Gasteiger partial charge in [0.2, 0.25) is 0 Å². The third kappa shape index (κ3) is 2.08. The maximum atomic E-state index is 4.75. The Labute approximate surface area is 34.4 Å². The normalized spacial score (nSPS) is 5.00. The Morgan fingerprint density at radius 1 is 2.00 bits per heavy atom. The fourth-order valence-corrected chi connectivity index (χ4v) is 0. The molecule has 0 bridgehead atoms. The van der Waals surface area contributed by atoms with E-state index >= 15 is 0 Å². The molecule has 0 nitrogen and oxygen atoms in total. The number of hydrogen-bond acceptors (Lipinski definition) is 0. The first-order valence-electron chi connectivity index (χ1n) is 0.931. The molecule has 1 radical (unpaired) electrons. The van der Waals surface area contributed by atoms with Gasteiger partial charge in [-0.25, -0.2) is 0 Å². The van der Waals surface area contributed by atoms with Crippen LogP contribution < -0.4 is 0 Å². The van der Waals surface area contributed by atoms with Gasteiger partial charge in [0.1, 0.15) is 0 Å². The standard InChI is InChI=1S/C3H3Se/c1-2-3-4/h1H,3H2. The van der Waals surface area contributed by atoms with Crippen molar-refractivity contribution < 1.29 is 0 Å². The van der Waals surface area contributed by atoms with Crippen molar-refractivity contribution >= 4 is 16.0 Å². The minimum absolute atomic E-state index is 0.722. The van der Waals surface area contributed by atoms with E-state index in [1.807, 2.05) is 0 Å². The van der Waals surface area contributed by atoms with Crippen molar-refractivity contribution in [2.24, 2.45) is 0 Å². The quantitative estimate of drug-likeness (QED) is 0.315. The van der Waals surface area contributed by atoms with E-state index in [-0.39, 0.29) is 0 Å². The summed E-state index contributed by atoms with van der Waals surface area (Å²) in [5, 5.41) is 0.722. The van der Waals surface area contributed by atoms with Gasteiger partial charge in [-0.1, -0.05) is 0 Å². The molecule has 0 aliphatic carbocycles. The minimum atomic E-state index is 0.722. The van der Waals surface area contributed by atoms with Crippen LogP contribution in [0.3, 0.4) is 0 Å². The summed E-state index contributed by atoms with van der Waals surface area (Å²) >= 11 is 2.66. The van der Waals surface area contributed by atoms with Crippen molar-refractivity contribution in [3.8, 4) is 12.3 Å². The van der Waals surface area contributed by atoms with Crippen LogP contribution in [0.2, 0.25) is 5.32 Å². The van der Waals surface area contributed by atoms with E-state index in [4.69, 9.17) is 6.42 Å². The van der Waals surface area contributed by atoms with E-state index in [0.717, 1.165) is 5.32 Å². The van der Waals surface area contributed by atoms with Gasteiger partial charge in [0.05, 0.1) is 0 Å². The molecule has 0 spiro atoms. The molecule has 0 saturated carbocycles. The van der Waals surface area contributed by atoms with Gasteiger partial charge in [-0.3, -0.25) is 0 Å². The van der Waals surface area contributed by atoms with Crippen molar-refractivity contribution in [3.63, 3.8) is 0 Å².